The number of piperidine rings is 1. The minimum Gasteiger partial charge on any atom is -0.311 e. The first-order valence-corrected chi connectivity index (χ1v) is 5.74. The first kappa shape index (κ1) is 8.97. The zero-order chi connectivity index (χ0) is 9.10. The second kappa shape index (κ2) is 4.07. The van der Waals surface area contributed by atoms with Crippen LogP contribution in [0.3, 0.4) is 0 Å². The number of thiophene rings is 1. The van der Waals surface area contributed by atoms with E-state index in [-0.39, 0.29) is 0 Å². The quantitative estimate of drug-likeness (QED) is 0.723. The normalized spacial score (nSPS) is 26.5. The van der Waals surface area contributed by atoms with Gasteiger partial charge in [0.15, 0.2) is 0 Å². The average Bonchev–Trinajstić information content (AvgIpc) is 2.62. The lowest BCUT2D eigenvalue weighted by molar-refractivity contribution is 0.488. The predicted octanol–water partition coefficient (Wildman–Crippen LogP) is 2.90. The van der Waals surface area contributed by atoms with Gasteiger partial charge in [-0.3, -0.25) is 0 Å². The summed E-state index contributed by atoms with van der Waals surface area (Å²) in [7, 11) is 0. The maximum atomic E-state index is 3.48. The van der Waals surface area contributed by atoms with E-state index in [4.69, 9.17) is 0 Å². The van der Waals surface area contributed by atoms with Gasteiger partial charge in [-0.15, -0.1) is 0 Å². The second-order valence-corrected chi connectivity index (χ2v) is 4.46. The molecule has 1 aromatic heterocycles. The largest absolute Gasteiger partial charge is 0.311 e. The van der Waals surface area contributed by atoms with Crippen molar-refractivity contribution in [2.45, 2.75) is 25.8 Å². The first-order chi connectivity index (χ1) is 6.34. The van der Waals surface area contributed by atoms with Crippen LogP contribution in [-0.2, 0) is 0 Å². The van der Waals surface area contributed by atoms with E-state index in [9.17, 15) is 0 Å². The van der Waals surface area contributed by atoms with Gasteiger partial charge in [0.25, 0.3) is 0 Å². The van der Waals surface area contributed by atoms with Gasteiger partial charge in [0.2, 0.25) is 0 Å². The minimum atomic E-state index is 0.694. The zero-order valence-electron chi connectivity index (χ0n) is 7.92. The molecule has 2 heteroatoms. The van der Waals surface area contributed by atoms with Gasteiger partial charge < -0.3 is 5.32 Å². The Hall–Kier alpha value is -0.600. The van der Waals surface area contributed by atoms with Crippen LogP contribution in [0.15, 0.2) is 22.4 Å². The van der Waals surface area contributed by atoms with E-state index in [0.717, 1.165) is 6.54 Å². The molecule has 1 unspecified atom stereocenters. The molecule has 1 atom stereocenters. The van der Waals surface area contributed by atoms with Gasteiger partial charge in [-0.1, -0.05) is 11.6 Å². The molecule has 13 heavy (non-hydrogen) atoms. The van der Waals surface area contributed by atoms with Gasteiger partial charge in [0, 0.05) is 12.6 Å². The SMILES string of the molecule is CC1CC/C(=C/c2ccsc2)CN1. The Labute approximate surface area is 83.5 Å². The third-order valence-corrected chi connectivity index (χ3v) is 3.19. The highest BCUT2D eigenvalue weighted by Crippen LogP contribution is 2.17. The van der Waals surface area contributed by atoms with E-state index < -0.39 is 0 Å². The molecule has 1 aromatic rings. The molecule has 1 N–H and O–H groups in total. The van der Waals surface area contributed by atoms with Crippen LogP contribution in [0.1, 0.15) is 25.3 Å². The van der Waals surface area contributed by atoms with Gasteiger partial charge in [0.05, 0.1) is 0 Å². The van der Waals surface area contributed by atoms with Gasteiger partial charge in [0.1, 0.15) is 0 Å². The monoisotopic (exact) mass is 193 g/mol. The standard InChI is InChI=1S/C11H15NS/c1-9-2-3-10(7-12-9)6-11-4-5-13-8-11/h4-6,8-9,12H,2-3,7H2,1H3/b10-6-. The van der Waals surface area contributed by atoms with E-state index >= 15 is 0 Å². The highest BCUT2D eigenvalue weighted by molar-refractivity contribution is 7.08. The molecule has 0 aromatic carbocycles. The Morgan fingerprint density at radius 1 is 1.62 bits per heavy atom. The molecule has 70 valence electrons. The first-order valence-electron chi connectivity index (χ1n) is 4.79. The van der Waals surface area contributed by atoms with E-state index in [1.807, 2.05) is 0 Å². The fraction of sp³-hybridized carbons (Fsp3) is 0.455. The van der Waals surface area contributed by atoms with Gasteiger partial charge in [-0.25, -0.2) is 0 Å². The molecular weight excluding hydrogens is 178 g/mol. The van der Waals surface area contributed by atoms with Gasteiger partial charge >= 0.3 is 0 Å². The van der Waals surface area contributed by atoms with Crippen LogP contribution in [0.5, 0.6) is 0 Å². The zero-order valence-corrected chi connectivity index (χ0v) is 8.73. The summed E-state index contributed by atoms with van der Waals surface area (Å²) in [6.07, 6.45) is 4.84. The Balaban J connectivity index is 2.02. The van der Waals surface area contributed by atoms with Crippen molar-refractivity contribution in [2.75, 3.05) is 6.54 Å². The molecule has 1 aliphatic heterocycles. The van der Waals surface area contributed by atoms with Crippen molar-refractivity contribution in [3.63, 3.8) is 0 Å². The number of nitrogens with one attached hydrogen (secondary N) is 1. The summed E-state index contributed by atoms with van der Waals surface area (Å²) in [6, 6.07) is 2.87. The van der Waals surface area contributed by atoms with Crippen LogP contribution in [0.4, 0.5) is 0 Å². The fourth-order valence-electron chi connectivity index (χ4n) is 1.61. The van der Waals surface area contributed by atoms with Crippen LogP contribution in [0.2, 0.25) is 0 Å². The van der Waals surface area contributed by atoms with Gasteiger partial charge in [-0.2, -0.15) is 11.3 Å². The molecule has 1 saturated heterocycles. The summed E-state index contributed by atoms with van der Waals surface area (Å²) in [4.78, 5) is 0. The molecule has 0 radical (unpaired) electrons. The van der Waals surface area contributed by atoms with Crippen molar-refractivity contribution >= 4 is 17.4 Å². The van der Waals surface area contributed by atoms with Crippen LogP contribution in [-0.4, -0.2) is 12.6 Å². The minimum absolute atomic E-state index is 0.694. The Bertz CT molecular complexity index is 277. The van der Waals surface area contributed by atoms with E-state index in [2.05, 4.69) is 35.1 Å². The molecule has 1 nitrogen and oxygen atoms in total. The van der Waals surface area contributed by atoms with Crippen LogP contribution in [0, 0.1) is 0 Å². The smallest absolute Gasteiger partial charge is 0.0170 e. The molecule has 0 bridgehead atoms. The highest BCUT2D eigenvalue weighted by Gasteiger charge is 2.10. The molecule has 1 fully saturated rings. The van der Waals surface area contributed by atoms with E-state index in [1.165, 1.54) is 24.0 Å². The Morgan fingerprint density at radius 2 is 2.54 bits per heavy atom. The summed E-state index contributed by atoms with van der Waals surface area (Å²) >= 11 is 1.76. The maximum absolute atomic E-state index is 3.48. The maximum Gasteiger partial charge on any atom is 0.0170 e. The van der Waals surface area contributed by atoms with Gasteiger partial charge in [-0.05, 0) is 42.2 Å². The lowest BCUT2D eigenvalue weighted by atomic mass is 10.00. The molecule has 1 aliphatic rings. The van der Waals surface area contributed by atoms with Crippen molar-refractivity contribution < 1.29 is 0 Å². The molecule has 0 spiro atoms. The Kier molecular flexibility index (Phi) is 2.81. The van der Waals surface area contributed by atoms with Crippen molar-refractivity contribution in [3.8, 4) is 0 Å². The molecular formula is C11H15NS. The molecule has 2 rings (SSSR count). The molecule has 0 amide bonds. The molecule has 0 aliphatic carbocycles. The van der Waals surface area contributed by atoms with Crippen LogP contribution >= 0.6 is 11.3 Å². The fourth-order valence-corrected chi connectivity index (χ4v) is 2.23. The molecule has 0 saturated carbocycles. The molecule has 2 heterocycles. The lowest BCUT2D eigenvalue weighted by Gasteiger charge is -2.21. The number of hydrogen-bond acceptors (Lipinski definition) is 2. The summed E-state index contributed by atoms with van der Waals surface area (Å²) in [6.45, 7) is 3.32. The number of rotatable bonds is 1. The van der Waals surface area contributed by atoms with Crippen molar-refractivity contribution in [1.29, 1.82) is 0 Å². The Morgan fingerprint density at radius 3 is 3.15 bits per heavy atom. The topological polar surface area (TPSA) is 12.0 Å². The highest BCUT2D eigenvalue weighted by atomic mass is 32.1. The van der Waals surface area contributed by atoms with Crippen molar-refractivity contribution in [2.24, 2.45) is 0 Å². The summed E-state index contributed by atoms with van der Waals surface area (Å²) in [5.74, 6) is 0. The van der Waals surface area contributed by atoms with Crippen molar-refractivity contribution in [3.05, 3.63) is 28.0 Å². The second-order valence-electron chi connectivity index (χ2n) is 3.68. The summed E-state index contributed by atoms with van der Waals surface area (Å²) in [5.41, 5.74) is 2.90. The number of hydrogen-bond donors (Lipinski definition) is 1. The third-order valence-electron chi connectivity index (χ3n) is 2.49. The van der Waals surface area contributed by atoms with Crippen LogP contribution in [0.25, 0.3) is 6.08 Å². The summed E-state index contributed by atoms with van der Waals surface area (Å²) in [5, 5.41) is 7.81. The lowest BCUT2D eigenvalue weighted by Crippen LogP contribution is -2.32. The predicted molar refractivity (Wildman–Crippen MR) is 59.0 cm³/mol. The van der Waals surface area contributed by atoms with Crippen LogP contribution < -0.4 is 5.32 Å². The third kappa shape index (κ3) is 2.42. The van der Waals surface area contributed by atoms with E-state index in [1.54, 1.807) is 11.3 Å². The average molecular weight is 193 g/mol. The van der Waals surface area contributed by atoms with E-state index in [0.29, 0.717) is 6.04 Å². The van der Waals surface area contributed by atoms with Crippen molar-refractivity contribution in [1.82, 2.24) is 5.32 Å². The summed E-state index contributed by atoms with van der Waals surface area (Å²) < 4.78 is 0.